The van der Waals surface area contributed by atoms with Crippen molar-refractivity contribution in [3.63, 3.8) is 0 Å². The largest absolute Gasteiger partial charge is 0.496 e. The monoisotopic (exact) mass is 422 g/mol. The van der Waals surface area contributed by atoms with Gasteiger partial charge in [-0.1, -0.05) is 22.0 Å². The number of halogens is 1. The van der Waals surface area contributed by atoms with Crippen molar-refractivity contribution in [1.82, 2.24) is 9.88 Å². The molecule has 0 aliphatic rings. The van der Waals surface area contributed by atoms with E-state index in [-0.39, 0.29) is 5.91 Å². The molecule has 24 heavy (non-hydrogen) atoms. The molecule has 0 aliphatic carbocycles. The van der Waals surface area contributed by atoms with Gasteiger partial charge >= 0.3 is 0 Å². The second-order valence-electron chi connectivity index (χ2n) is 5.13. The third-order valence-corrected chi connectivity index (χ3v) is 5.83. The van der Waals surface area contributed by atoms with Crippen LogP contribution in [0.25, 0.3) is 9.88 Å². The first-order chi connectivity index (χ1) is 11.6. The molecule has 2 heterocycles. The van der Waals surface area contributed by atoms with E-state index in [4.69, 9.17) is 4.74 Å². The maximum absolute atomic E-state index is 12.6. The highest BCUT2D eigenvalue weighted by molar-refractivity contribution is 9.10. The Morgan fingerprint density at radius 2 is 2.17 bits per heavy atom. The minimum Gasteiger partial charge on any atom is -0.496 e. The zero-order valence-corrected chi connectivity index (χ0v) is 16.4. The maximum Gasteiger partial charge on any atom is 0.273 e. The molecule has 3 aromatic rings. The molecule has 3 rings (SSSR count). The fraction of sp³-hybridized carbons (Fsp3) is 0.176. The van der Waals surface area contributed by atoms with Crippen LogP contribution < -0.4 is 4.74 Å². The van der Waals surface area contributed by atoms with E-state index in [0.29, 0.717) is 12.2 Å². The molecular weight excluding hydrogens is 408 g/mol. The normalized spacial score (nSPS) is 10.6. The summed E-state index contributed by atoms with van der Waals surface area (Å²) in [7, 11) is 3.40. The molecule has 0 fully saturated rings. The van der Waals surface area contributed by atoms with Crippen LogP contribution in [-0.4, -0.2) is 29.9 Å². The molecular formula is C17H15BrN2O2S2. The molecule has 0 spiro atoms. The number of ether oxygens (including phenoxy) is 1. The third kappa shape index (κ3) is 3.68. The molecule has 0 saturated heterocycles. The van der Waals surface area contributed by atoms with Gasteiger partial charge in [0, 0.05) is 29.0 Å². The van der Waals surface area contributed by atoms with Gasteiger partial charge in [0.05, 0.1) is 12.0 Å². The molecule has 4 nitrogen and oxygen atoms in total. The second-order valence-corrected chi connectivity index (χ2v) is 7.85. The first kappa shape index (κ1) is 17.1. The van der Waals surface area contributed by atoms with Crippen LogP contribution in [0, 0.1) is 0 Å². The molecule has 0 bridgehead atoms. The van der Waals surface area contributed by atoms with Gasteiger partial charge in [-0.05, 0) is 29.6 Å². The summed E-state index contributed by atoms with van der Waals surface area (Å²) < 4.78 is 6.32. The van der Waals surface area contributed by atoms with Gasteiger partial charge in [-0.25, -0.2) is 4.98 Å². The summed E-state index contributed by atoms with van der Waals surface area (Å²) in [4.78, 5) is 19.8. The van der Waals surface area contributed by atoms with E-state index in [2.05, 4.69) is 20.9 Å². The third-order valence-electron chi connectivity index (χ3n) is 3.45. The Kier molecular flexibility index (Phi) is 5.33. The van der Waals surface area contributed by atoms with E-state index in [9.17, 15) is 4.79 Å². The molecule has 0 atom stereocenters. The number of hydrogen-bond donors (Lipinski definition) is 0. The SMILES string of the molecule is COc1ccc(Br)cc1CN(C)C(=O)c1csc(-c2cccs2)n1. The average Bonchev–Trinajstić information content (AvgIpc) is 3.25. The van der Waals surface area contributed by atoms with E-state index in [1.807, 2.05) is 41.1 Å². The molecule has 0 unspecified atom stereocenters. The van der Waals surface area contributed by atoms with Crippen molar-refractivity contribution in [3.8, 4) is 15.6 Å². The predicted molar refractivity (Wildman–Crippen MR) is 102 cm³/mol. The zero-order valence-electron chi connectivity index (χ0n) is 13.2. The van der Waals surface area contributed by atoms with Crippen LogP contribution in [0.1, 0.15) is 16.1 Å². The Labute approximate surface area is 156 Å². The van der Waals surface area contributed by atoms with E-state index in [1.165, 1.54) is 11.3 Å². The number of amides is 1. The van der Waals surface area contributed by atoms with Crippen molar-refractivity contribution in [2.75, 3.05) is 14.2 Å². The number of benzene rings is 1. The molecule has 0 aliphatic heterocycles. The molecule has 0 saturated carbocycles. The highest BCUT2D eigenvalue weighted by Gasteiger charge is 2.18. The second kappa shape index (κ2) is 7.46. The summed E-state index contributed by atoms with van der Waals surface area (Å²) in [5.74, 6) is 0.659. The van der Waals surface area contributed by atoms with Crippen LogP contribution in [0.15, 0.2) is 45.6 Å². The molecule has 0 N–H and O–H groups in total. The quantitative estimate of drug-likeness (QED) is 0.586. The lowest BCUT2D eigenvalue weighted by Gasteiger charge is -2.18. The minimum atomic E-state index is -0.101. The van der Waals surface area contributed by atoms with E-state index < -0.39 is 0 Å². The summed E-state index contributed by atoms with van der Waals surface area (Å²) in [5.41, 5.74) is 1.41. The van der Waals surface area contributed by atoms with Crippen LogP contribution in [0.2, 0.25) is 0 Å². The van der Waals surface area contributed by atoms with Gasteiger partial charge < -0.3 is 9.64 Å². The Hall–Kier alpha value is -1.70. The number of methoxy groups -OCH3 is 1. The summed E-state index contributed by atoms with van der Waals surface area (Å²) in [5, 5.41) is 4.69. The molecule has 0 radical (unpaired) electrons. The molecule has 124 valence electrons. The van der Waals surface area contributed by atoms with Crippen LogP contribution in [0.3, 0.4) is 0 Å². The first-order valence-electron chi connectivity index (χ1n) is 7.15. The molecule has 7 heteroatoms. The maximum atomic E-state index is 12.6. The summed E-state index contributed by atoms with van der Waals surface area (Å²) in [6.07, 6.45) is 0. The highest BCUT2D eigenvalue weighted by Crippen LogP contribution is 2.29. The number of thiazole rings is 1. The average molecular weight is 423 g/mol. The lowest BCUT2D eigenvalue weighted by atomic mass is 10.2. The minimum absolute atomic E-state index is 0.101. The summed E-state index contributed by atoms with van der Waals surface area (Å²) in [6.45, 7) is 0.452. The molecule has 1 amide bonds. The van der Waals surface area contributed by atoms with Crippen LogP contribution >= 0.6 is 38.6 Å². The van der Waals surface area contributed by atoms with E-state index in [1.54, 1.807) is 30.4 Å². The topological polar surface area (TPSA) is 42.4 Å². The Morgan fingerprint density at radius 1 is 1.33 bits per heavy atom. The summed E-state index contributed by atoms with van der Waals surface area (Å²) >= 11 is 6.56. The van der Waals surface area contributed by atoms with Gasteiger partial charge in [0.25, 0.3) is 5.91 Å². The Bertz CT molecular complexity index is 846. The fourth-order valence-corrected chi connectivity index (χ4v) is 4.30. The molecule has 1 aromatic carbocycles. The fourth-order valence-electron chi connectivity index (χ4n) is 2.28. The van der Waals surface area contributed by atoms with Gasteiger partial charge in [-0.2, -0.15) is 0 Å². The number of nitrogens with zero attached hydrogens (tertiary/aromatic N) is 2. The number of thiophene rings is 1. The van der Waals surface area contributed by atoms with Crippen molar-refractivity contribution in [3.05, 3.63) is 56.8 Å². The number of aromatic nitrogens is 1. The van der Waals surface area contributed by atoms with Crippen molar-refractivity contribution in [2.45, 2.75) is 6.54 Å². The number of carbonyl (C=O) groups is 1. The van der Waals surface area contributed by atoms with Crippen LogP contribution in [-0.2, 0) is 6.54 Å². The van der Waals surface area contributed by atoms with Crippen molar-refractivity contribution >= 4 is 44.5 Å². The lowest BCUT2D eigenvalue weighted by molar-refractivity contribution is 0.0779. The number of carbonyl (C=O) groups excluding carboxylic acids is 1. The van der Waals surface area contributed by atoms with Crippen LogP contribution in [0.5, 0.6) is 5.75 Å². The van der Waals surface area contributed by atoms with E-state index in [0.717, 1.165) is 25.7 Å². The van der Waals surface area contributed by atoms with Gasteiger partial charge in [0.2, 0.25) is 0 Å². The lowest BCUT2D eigenvalue weighted by Crippen LogP contribution is -2.26. The van der Waals surface area contributed by atoms with E-state index >= 15 is 0 Å². The number of hydrogen-bond acceptors (Lipinski definition) is 5. The first-order valence-corrected chi connectivity index (χ1v) is 9.71. The smallest absolute Gasteiger partial charge is 0.273 e. The van der Waals surface area contributed by atoms with Crippen molar-refractivity contribution in [1.29, 1.82) is 0 Å². The number of rotatable bonds is 5. The highest BCUT2D eigenvalue weighted by atomic mass is 79.9. The van der Waals surface area contributed by atoms with Gasteiger partial charge in [-0.3, -0.25) is 4.79 Å². The predicted octanol–water partition coefficient (Wildman–Crippen LogP) is 4.91. The van der Waals surface area contributed by atoms with Crippen molar-refractivity contribution in [2.24, 2.45) is 0 Å². The molecule has 2 aromatic heterocycles. The van der Waals surface area contributed by atoms with Crippen LogP contribution in [0.4, 0.5) is 0 Å². The van der Waals surface area contributed by atoms with Gasteiger partial charge in [0.15, 0.2) is 0 Å². The van der Waals surface area contributed by atoms with Crippen molar-refractivity contribution < 1.29 is 9.53 Å². The Morgan fingerprint density at radius 3 is 2.88 bits per heavy atom. The Balaban J connectivity index is 1.77. The standard InChI is InChI=1S/C17H15BrN2O2S2/c1-20(9-11-8-12(18)5-6-14(11)22-2)17(21)13-10-24-16(19-13)15-4-3-7-23-15/h3-8,10H,9H2,1-2H3. The zero-order chi connectivity index (χ0) is 17.1. The summed E-state index contributed by atoms with van der Waals surface area (Å²) in [6, 6.07) is 9.75. The van der Waals surface area contributed by atoms with Gasteiger partial charge in [-0.15, -0.1) is 22.7 Å². The van der Waals surface area contributed by atoms with Gasteiger partial charge in [0.1, 0.15) is 16.5 Å².